The molecule has 0 atom stereocenters. The van der Waals surface area contributed by atoms with E-state index in [1.165, 1.54) is 11.2 Å². The third-order valence-corrected chi connectivity index (χ3v) is 4.31. The fourth-order valence-corrected chi connectivity index (χ4v) is 2.87. The predicted molar refractivity (Wildman–Crippen MR) is 97.0 cm³/mol. The van der Waals surface area contributed by atoms with Gasteiger partial charge in [-0.3, -0.25) is 5.10 Å². The molecule has 3 aromatic heterocycles. The van der Waals surface area contributed by atoms with Gasteiger partial charge in [0, 0.05) is 33.6 Å². The van der Waals surface area contributed by atoms with Crippen molar-refractivity contribution in [3.8, 4) is 11.3 Å². The van der Waals surface area contributed by atoms with Crippen molar-refractivity contribution in [1.82, 2.24) is 20.2 Å². The lowest BCUT2D eigenvalue weighted by molar-refractivity contribution is 1.04. The van der Waals surface area contributed by atoms with Crippen molar-refractivity contribution < 1.29 is 0 Å². The normalized spacial score (nSPS) is 10.1. The molecule has 0 unspecified atom stereocenters. The van der Waals surface area contributed by atoms with Crippen LogP contribution in [0.15, 0.2) is 60.5 Å². The number of hydrogen-bond acceptors (Lipinski definition) is 5. The van der Waals surface area contributed by atoms with Crippen LogP contribution < -0.4 is 0 Å². The van der Waals surface area contributed by atoms with Gasteiger partial charge in [0.05, 0.1) is 0 Å². The molecule has 0 saturated heterocycles. The highest BCUT2D eigenvalue weighted by Crippen LogP contribution is 2.24. The van der Waals surface area contributed by atoms with Crippen molar-refractivity contribution in [1.29, 1.82) is 0 Å². The summed E-state index contributed by atoms with van der Waals surface area (Å²) in [5.74, 6) is 0. The average molecular weight is 338 g/mol. The zero-order valence-corrected chi connectivity index (χ0v) is 14.1. The Hall–Kier alpha value is -2.44. The van der Waals surface area contributed by atoms with Crippen LogP contribution in [0.5, 0.6) is 0 Å². The van der Waals surface area contributed by atoms with Crippen molar-refractivity contribution in [2.24, 2.45) is 0 Å². The minimum absolute atomic E-state index is 0.640. The molecule has 0 bridgehead atoms. The summed E-state index contributed by atoms with van der Waals surface area (Å²) in [6, 6.07) is 12.0. The largest absolute Gasteiger partial charge is 0.267 e. The van der Waals surface area contributed by atoms with Crippen LogP contribution >= 0.6 is 23.6 Å². The van der Waals surface area contributed by atoms with Crippen LogP contribution in [-0.2, 0) is 0 Å². The van der Waals surface area contributed by atoms with Gasteiger partial charge in [-0.25, -0.2) is 9.97 Å². The molecule has 23 heavy (non-hydrogen) atoms. The SMILES string of the molecule is Cc1cccs1.S=c1[nH]nc(-c2cncnc2)c2ccccc12. The molecule has 0 amide bonds. The first-order valence-corrected chi connectivity index (χ1v) is 8.27. The van der Waals surface area contributed by atoms with Gasteiger partial charge in [-0.1, -0.05) is 42.5 Å². The Morgan fingerprint density at radius 3 is 2.35 bits per heavy atom. The second kappa shape index (κ2) is 7.21. The summed E-state index contributed by atoms with van der Waals surface area (Å²) in [6.45, 7) is 2.10. The summed E-state index contributed by atoms with van der Waals surface area (Å²) in [5.41, 5.74) is 1.68. The molecule has 0 fully saturated rings. The smallest absolute Gasteiger partial charge is 0.127 e. The molecule has 1 aromatic carbocycles. The van der Waals surface area contributed by atoms with E-state index >= 15 is 0 Å². The molecular formula is C17H14N4S2. The maximum atomic E-state index is 5.21. The lowest BCUT2D eigenvalue weighted by Gasteiger charge is -2.04. The minimum Gasteiger partial charge on any atom is -0.267 e. The molecule has 0 aliphatic carbocycles. The molecule has 0 radical (unpaired) electrons. The number of rotatable bonds is 1. The standard InChI is InChI=1S/C12H8N4S.C5H6S/c17-12-10-4-2-1-3-9(10)11(15-16-12)8-5-13-7-14-6-8;1-5-3-2-4-6-5/h1-7H,(H,16,17);2-4H,1H3. The number of H-pyrrole nitrogens is 1. The highest BCUT2D eigenvalue weighted by molar-refractivity contribution is 7.71. The summed E-state index contributed by atoms with van der Waals surface area (Å²) in [4.78, 5) is 9.38. The van der Waals surface area contributed by atoms with E-state index in [-0.39, 0.29) is 0 Å². The highest BCUT2D eigenvalue weighted by atomic mass is 32.1. The van der Waals surface area contributed by atoms with E-state index in [2.05, 4.69) is 44.6 Å². The first-order valence-electron chi connectivity index (χ1n) is 6.98. The number of aryl methyl sites for hydroxylation is 1. The summed E-state index contributed by atoms with van der Waals surface area (Å²) in [6.07, 6.45) is 4.97. The molecule has 1 N–H and O–H groups in total. The van der Waals surface area contributed by atoms with Crippen LogP contribution in [0.4, 0.5) is 0 Å². The third-order valence-electron chi connectivity index (χ3n) is 3.19. The van der Waals surface area contributed by atoms with Gasteiger partial charge in [0.1, 0.15) is 16.7 Å². The average Bonchev–Trinajstić information content (AvgIpc) is 3.08. The summed E-state index contributed by atoms with van der Waals surface area (Å²) in [7, 11) is 0. The first kappa shape index (κ1) is 15.5. The Bertz CT molecular complexity index is 947. The number of fused-ring (bicyclic) bond motifs is 1. The van der Waals surface area contributed by atoms with Gasteiger partial charge in [0.15, 0.2) is 0 Å². The Morgan fingerprint density at radius 2 is 1.74 bits per heavy atom. The highest BCUT2D eigenvalue weighted by Gasteiger charge is 2.06. The number of benzene rings is 1. The van der Waals surface area contributed by atoms with Gasteiger partial charge < -0.3 is 0 Å². The summed E-state index contributed by atoms with van der Waals surface area (Å²) >= 11 is 6.99. The number of hydrogen-bond donors (Lipinski definition) is 1. The van der Waals surface area contributed by atoms with E-state index in [0.717, 1.165) is 22.0 Å². The third kappa shape index (κ3) is 3.67. The van der Waals surface area contributed by atoms with Crippen LogP contribution in [-0.4, -0.2) is 20.2 Å². The maximum Gasteiger partial charge on any atom is 0.127 e. The van der Waals surface area contributed by atoms with Crippen LogP contribution in [0.3, 0.4) is 0 Å². The zero-order chi connectivity index (χ0) is 16.1. The van der Waals surface area contributed by atoms with Crippen molar-refractivity contribution in [2.45, 2.75) is 6.92 Å². The number of nitrogens with one attached hydrogen (secondary N) is 1. The maximum absolute atomic E-state index is 5.21. The fourth-order valence-electron chi connectivity index (χ4n) is 2.12. The Kier molecular flexibility index (Phi) is 4.85. The first-order chi connectivity index (χ1) is 11.3. The Labute approximate surface area is 142 Å². The molecule has 0 saturated carbocycles. The van der Waals surface area contributed by atoms with E-state index in [1.54, 1.807) is 23.7 Å². The molecule has 4 aromatic rings. The van der Waals surface area contributed by atoms with Crippen molar-refractivity contribution in [3.05, 3.63) is 70.0 Å². The number of aromatic nitrogens is 4. The van der Waals surface area contributed by atoms with Gasteiger partial charge in [-0.05, 0) is 18.4 Å². The van der Waals surface area contributed by atoms with Gasteiger partial charge in [-0.15, -0.1) is 11.3 Å². The van der Waals surface area contributed by atoms with Crippen LogP contribution in [0.25, 0.3) is 22.0 Å². The Balaban J connectivity index is 0.000000220. The predicted octanol–water partition coefficient (Wildman–Crippen LogP) is 4.81. The van der Waals surface area contributed by atoms with Crippen molar-refractivity contribution >= 4 is 34.3 Å². The van der Waals surface area contributed by atoms with Crippen molar-refractivity contribution in [2.75, 3.05) is 0 Å². The Morgan fingerprint density at radius 1 is 1.00 bits per heavy atom. The monoisotopic (exact) mass is 338 g/mol. The van der Waals surface area contributed by atoms with Gasteiger partial charge >= 0.3 is 0 Å². The molecule has 6 heteroatoms. The van der Waals surface area contributed by atoms with Crippen LogP contribution in [0, 0.1) is 11.6 Å². The molecule has 4 nitrogen and oxygen atoms in total. The van der Waals surface area contributed by atoms with Crippen LogP contribution in [0.1, 0.15) is 4.88 Å². The quantitative estimate of drug-likeness (QED) is 0.506. The molecule has 114 valence electrons. The second-order valence-corrected chi connectivity index (χ2v) is 6.36. The molecular weight excluding hydrogens is 324 g/mol. The molecule has 0 aliphatic heterocycles. The van der Waals surface area contributed by atoms with Gasteiger partial charge in [-0.2, -0.15) is 5.10 Å². The summed E-state index contributed by atoms with van der Waals surface area (Å²) in [5, 5.41) is 11.2. The molecule has 0 aliphatic rings. The lowest BCUT2D eigenvalue weighted by Crippen LogP contribution is -1.92. The van der Waals surface area contributed by atoms with Crippen molar-refractivity contribution in [3.63, 3.8) is 0 Å². The van der Waals surface area contributed by atoms with E-state index in [9.17, 15) is 0 Å². The van der Waals surface area contributed by atoms with Gasteiger partial charge in [0.25, 0.3) is 0 Å². The topological polar surface area (TPSA) is 54.5 Å². The number of nitrogens with zero attached hydrogens (tertiary/aromatic N) is 3. The number of thiophene rings is 1. The summed E-state index contributed by atoms with van der Waals surface area (Å²) < 4.78 is 0.640. The number of aromatic amines is 1. The van der Waals surface area contributed by atoms with E-state index < -0.39 is 0 Å². The molecule has 0 spiro atoms. The minimum atomic E-state index is 0.640. The van der Waals surface area contributed by atoms with E-state index in [1.807, 2.05) is 24.3 Å². The lowest BCUT2D eigenvalue weighted by atomic mass is 10.1. The fraction of sp³-hybridized carbons (Fsp3) is 0.0588. The molecule has 3 heterocycles. The van der Waals surface area contributed by atoms with Gasteiger partial charge in [0.2, 0.25) is 0 Å². The second-order valence-electron chi connectivity index (χ2n) is 4.80. The van der Waals surface area contributed by atoms with E-state index in [0.29, 0.717) is 4.64 Å². The molecule has 4 rings (SSSR count). The zero-order valence-electron chi connectivity index (χ0n) is 12.4. The van der Waals surface area contributed by atoms with E-state index in [4.69, 9.17) is 12.2 Å². The van der Waals surface area contributed by atoms with Crippen LogP contribution in [0.2, 0.25) is 0 Å².